The van der Waals surface area contributed by atoms with Gasteiger partial charge in [0.15, 0.2) is 0 Å². The van der Waals surface area contributed by atoms with Crippen LogP contribution in [0.4, 0.5) is 0 Å². The van der Waals surface area contributed by atoms with E-state index in [1.165, 1.54) is 36.8 Å². The molecule has 1 fully saturated rings. The number of aromatic nitrogens is 1. The fraction of sp³-hybridized carbons (Fsp3) is 0.556. The number of para-hydroxylation sites is 1. The van der Waals surface area contributed by atoms with Crippen molar-refractivity contribution in [2.75, 3.05) is 32.8 Å². The van der Waals surface area contributed by atoms with E-state index >= 15 is 0 Å². The Hall–Kier alpha value is -1.32. The van der Waals surface area contributed by atoms with Crippen molar-refractivity contribution < 1.29 is 4.74 Å². The first-order valence-electron chi connectivity index (χ1n) is 8.21. The monoisotopic (exact) mass is 286 g/mol. The summed E-state index contributed by atoms with van der Waals surface area (Å²) in [6, 6.07) is 10.8. The van der Waals surface area contributed by atoms with E-state index in [1.54, 1.807) is 0 Å². The molecule has 1 saturated heterocycles. The van der Waals surface area contributed by atoms with Crippen molar-refractivity contribution in [2.24, 2.45) is 5.92 Å². The van der Waals surface area contributed by atoms with Gasteiger partial charge >= 0.3 is 0 Å². The van der Waals surface area contributed by atoms with Crippen LogP contribution in [-0.2, 0) is 11.3 Å². The Morgan fingerprint density at radius 1 is 1.10 bits per heavy atom. The fourth-order valence-corrected chi connectivity index (χ4v) is 3.25. The number of fused-ring (bicyclic) bond motifs is 1. The van der Waals surface area contributed by atoms with Gasteiger partial charge in [0.1, 0.15) is 0 Å². The second-order valence-corrected chi connectivity index (χ2v) is 6.01. The summed E-state index contributed by atoms with van der Waals surface area (Å²) < 4.78 is 7.93. The Kier molecular flexibility index (Phi) is 4.94. The largest absolute Gasteiger partial charge is 0.381 e. The van der Waals surface area contributed by atoms with Gasteiger partial charge in [0.25, 0.3) is 0 Å². The summed E-state index contributed by atoms with van der Waals surface area (Å²) in [6.45, 7) is 8.56. The lowest BCUT2D eigenvalue weighted by Crippen LogP contribution is -2.37. The van der Waals surface area contributed by atoms with Crippen molar-refractivity contribution in [3.8, 4) is 0 Å². The predicted octanol–water partition coefficient (Wildman–Crippen LogP) is 3.39. The van der Waals surface area contributed by atoms with Crippen molar-refractivity contribution in [1.29, 1.82) is 0 Å². The minimum absolute atomic E-state index is 0.772. The third-order valence-corrected chi connectivity index (χ3v) is 4.60. The van der Waals surface area contributed by atoms with Gasteiger partial charge in [-0.05, 0) is 56.3 Å². The van der Waals surface area contributed by atoms with Crippen LogP contribution in [0.2, 0.25) is 0 Å². The van der Waals surface area contributed by atoms with Gasteiger partial charge in [-0.15, -0.1) is 0 Å². The third kappa shape index (κ3) is 3.66. The molecular weight excluding hydrogens is 260 g/mol. The van der Waals surface area contributed by atoms with E-state index in [2.05, 4.69) is 52.9 Å². The van der Waals surface area contributed by atoms with Crippen LogP contribution in [0, 0.1) is 5.92 Å². The first kappa shape index (κ1) is 14.6. The molecule has 0 radical (unpaired) electrons. The molecule has 0 N–H and O–H groups in total. The molecule has 0 bridgehead atoms. The molecule has 1 aromatic carbocycles. The third-order valence-electron chi connectivity index (χ3n) is 4.60. The molecular formula is C18H26N2O. The molecule has 2 heterocycles. The highest BCUT2D eigenvalue weighted by atomic mass is 16.5. The maximum absolute atomic E-state index is 5.55. The van der Waals surface area contributed by atoms with Crippen LogP contribution in [0.1, 0.15) is 19.8 Å². The normalized spacial score (nSPS) is 17.6. The van der Waals surface area contributed by atoms with Crippen LogP contribution in [0.15, 0.2) is 36.5 Å². The van der Waals surface area contributed by atoms with Gasteiger partial charge < -0.3 is 14.2 Å². The highest BCUT2D eigenvalue weighted by Gasteiger charge is 2.18. The lowest BCUT2D eigenvalue weighted by molar-refractivity contribution is 0.0734. The van der Waals surface area contributed by atoms with Gasteiger partial charge in [-0.1, -0.05) is 18.2 Å². The van der Waals surface area contributed by atoms with Gasteiger partial charge in [-0.25, -0.2) is 0 Å². The van der Waals surface area contributed by atoms with Gasteiger partial charge in [-0.2, -0.15) is 0 Å². The van der Waals surface area contributed by atoms with E-state index in [1.807, 2.05) is 0 Å². The zero-order valence-electron chi connectivity index (χ0n) is 13.0. The quantitative estimate of drug-likeness (QED) is 0.810. The Balaban J connectivity index is 1.48. The highest BCUT2D eigenvalue weighted by Crippen LogP contribution is 2.19. The molecule has 0 aliphatic carbocycles. The van der Waals surface area contributed by atoms with E-state index in [4.69, 9.17) is 4.74 Å². The minimum Gasteiger partial charge on any atom is -0.381 e. The summed E-state index contributed by atoms with van der Waals surface area (Å²) >= 11 is 0. The Bertz CT molecular complexity index is 555. The van der Waals surface area contributed by atoms with E-state index in [9.17, 15) is 0 Å². The second-order valence-electron chi connectivity index (χ2n) is 6.01. The lowest BCUT2D eigenvalue weighted by Gasteiger charge is -2.31. The van der Waals surface area contributed by atoms with Gasteiger partial charge in [0.05, 0.1) is 0 Å². The number of benzene rings is 1. The molecule has 3 nitrogen and oxygen atoms in total. The van der Waals surface area contributed by atoms with Crippen molar-refractivity contribution in [1.82, 2.24) is 9.47 Å². The second kappa shape index (κ2) is 7.10. The van der Waals surface area contributed by atoms with Gasteiger partial charge in [0, 0.05) is 38.0 Å². The van der Waals surface area contributed by atoms with Crippen LogP contribution in [-0.4, -0.2) is 42.3 Å². The number of ether oxygens (including phenoxy) is 1. The summed E-state index contributed by atoms with van der Waals surface area (Å²) in [7, 11) is 0. The molecule has 0 amide bonds. The number of piperidine rings is 1. The predicted molar refractivity (Wildman–Crippen MR) is 87.6 cm³/mol. The van der Waals surface area contributed by atoms with E-state index < -0.39 is 0 Å². The summed E-state index contributed by atoms with van der Waals surface area (Å²) in [5.74, 6) is 0.772. The summed E-state index contributed by atoms with van der Waals surface area (Å²) in [5.41, 5.74) is 1.35. The Morgan fingerprint density at radius 2 is 1.90 bits per heavy atom. The molecule has 0 saturated carbocycles. The number of rotatable bonds is 6. The molecule has 2 aromatic rings. The van der Waals surface area contributed by atoms with Crippen molar-refractivity contribution in [3.63, 3.8) is 0 Å². The summed E-state index contributed by atoms with van der Waals surface area (Å²) in [6.07, 6.45) is 4.78. The topological polar surface area (TPSA) is 17.4 Å². The molecule has 114 valence electrons. The molecule has 21 heavy (non-hydrogen) atoms. The first-order valence-corrected chi connectivity index (χ1v) is 8.21. The van der Waals surface area contributed by atoms with Gasteiger partial charge in [-0.3, -0.25) is 0 Å². The van der Waals surface area contributed by atoms with E-state index in [-0.39, 0.29) is 0 Å². The molecule has 0 unspecified atom stereocenters. The summed E-state index contributed by atoms with van der Waals surface area (Å²) in [4.78, 5) is 2.59. The lowest BCUT2D eigenvalue weighted by atomic mass is 9.98. The Morgan fingerprint density at radius 3 is 2.71 bits per heavy atom. The first-order chi connectivity index (χ1) is 10.4. The number of hydrogen-bond acceptors (Lipinski definition) is 2. The molecule has 3 heteroatoms. The van der Waals surface area contributed by atoms with E-state index in [0.29, 0.717) is 0 Å². The van der Waals surface area contributed by atoms with Gasteiger partial charge in [0.2, 0.25) is 0 Å². The SMILES string of the molecule is CCOCC1CCN(CCn2ccc3ccccc32)CC1. The maximum Gasteiger partial charge on any atom is 0.0495 e. The average Bonchev–Trinajstić information content (AvgIpc) is 2.95. The number of likely N-dealkylation sites (tertiary alicyclic amines) is 1. The molecule has 0 atom stereocenters. The van der Waals surface area contributed by atoms with Crippen LogP contribution in [0.25, 0.3) is 10.9 Å². The minimum atomic E-state index is 0.772. The number of hydrogen-bond donors (Lipinski definition) is 0. The standard InChI is InChI=1S/C18H26N2O/c1-2-21-15-16-7-10-19(11-8-16)13-14-20-12-9-17-5-3-4-6-18(17)20/h3-6,9,12,16H,2,7-8,10-11,13-15H2,1H3. The highest BCUT2D eigenvalue weighted by molar-refractivity contribution is 5.79. The smallest absolute Gasteiger partial charge is 0.0495 e. The molecule has 0 spiro atoms. The fourth-order valence-electron chi connectivity index (χ4n) is 3.25. The summed E-state index contributed by atoms with van der Waals surface area (Å²) in [5, 5.41) is 1.34. The van der Waals surface area contributed by atoms with Crippen LogP contribution in [0.5, 0.6) is 0 Å². The maximum atomic E-state index is 5.55. The van der Waals surface area contributed by atoms with Crippen LogP contribution >= 0.6 is 0 Å². The van der Waals surface area contributed by atoms with Crippen LogP contribution < -0.4 is 0 Å². The zero-order chi connectivity index (χ0) is 14.5. The molecule has 1 aliphatic rings. The van der Waals surface area contributed by atoms with Crippen molar-refractivity contribution in [2.45, 2.75) is 26.3 Å². The molecule has 1 aliphatic heterocycles. The number of nitrogens with zero attached hydrogens (tertiary/aromatic N) is 2. The average molecular weight is 286 g/mol. The molecule has 1 aromatic heterocycles. The van der Waals surface area contributed by atoms with Crippen molar-refractivity contribution >= 4 is 10.9 Å². The van der Waals surface area contributed by atoms with E-state index in [0.717, 1.165) is 32.2 Å². The van der Waals surface area contributed by atoms with Crippen molar-refractivity contribution in [3.05, 3.63) is 36.5 Å². The zero-order valence-corrected chi connectivity index (χ0v) is 13.0. The van der Waals surface area contributed by atoms with Crippen LogP contribution in [0.3, 0.4) is 0 Å². The molecule has 3 rings (SSSR count). The Labute approximate surface area is 127 Å².